The minimum Gasteiger partial charge on any atom is -0.328 e. The Balaban J connectivity index is 1.63. The lowest BCUT2D eigenvalue weighted by Crippen LogP contribution is -2.22. The van der Waals surface area contributed by atoms with E-state index in [2.05, 4.69) is 15.6 Å². The van der Waals surface area contributed by atoms with Crippen LogP contribution in [0.25, 0.3) is 21.8 Å². The van der Waals surface area contributed by atoms with Gasteiger partial charge in [0.1, 0.15) is 12.0 Å². The molecule has 0 unspecified atom stereocenters. The van der Waals surface area contributed by atoms with E-state index in [0.717, 1.165) is 26.4 Å². The second-order valence-electron chi connectivity index (χ2n) is 7.98. The molecule has 5 rings (SSSR count). The van der Waals surface area contributed by atoms with Crippen LogP contribution in [0.3, 0.4) is 0 Å². The van der Waals surface area contributed by atoms with Crippen LogP contribution in [-0.4, -0.2) is 42.7 Å². The Kier molecular flexibility index (Phi) is 6.64. The first kappa shape index (κ1) is 24.8. The number of nitrogens with zero attached hydrogens (tertiary/aromatic N) is 4. The van der Waals surface area contributed by atoms with Gasteiger partial charge in [-0.1, -0.05) is 76.4 Å². The molecule has 5 aromatic rings. The van der Waals surface area contributed by atoms with Crippen LogP contribution in [0.1, 0.15) is 21.5 Å². The first-order valence-electron chi connectivity index (χ1n) is 11.0. The number of oxime groups is 1. The van der Waals surface area contributed by atoms with Gasteiger partial charge in [-0.3, -0.25) is 14.3 Å². The molecule has 0 radical (unpaired) electrons. The molecule has 11 heteroatoms. The van der Waals surface area contributed by atoms with Gasteiger partial charge in [0.15, 0.2) is 5.78 Å². The smallest absolute Gasteiger partial charge is 0.328 e. The number of nitrogens with one attached hydrogen (secondary N) is 1. The minimum absolute atomic E-state index is 0.0882. The molecule has 0 aliphatic carbocycles. The van der Waals surface area contributed by atoms with Crippen LogP contribution >= 0.6 is 34.8 Å². The molecule has 0 saturated carbocycles. The summed E-state index contributed by atoms with van der Waals surface area (Å²) in [4.78, 5) is 34.1. The van der Waals surface area contributed by atoms with Crippen LogP contribution in [0.4, 0.5) is 4.79 Å². The number of hydrogen-bond donors (Lipinski definition) is 1. The van der Waals surface area contributed by atoms with Crippen molar-refractivity contribution in [1.29, 1.82) is 0 Å². The summed E-state index contributed by atoms with van der Waals surface area (Å²) in [6.45, 7) is 0. The molecule has 0 aliphatic heterocycles. The summed E-state index contributed by atoms with van der Waals surface area (Å²) in [5.41, 5.74) is 6.27. The van der Waals surface area contributed by atoms with Crippen molar-refractivity contribution in [2.75, 3.05) is 12.5 Å². The zero-order valence-corrected chi connectivity index (χ0v) is 21.5. The van der Waals surface area contributed by atoms with Crippen molar-refractivity contribution < 1.29 is 14.4 Å². The minimum atomic E-state index is -2.00. The maximum Gasteiger partial charge on any atom is 0.445 e. The molecule has 0 fully saturated rings. The quantitative estimate of drug-likeness (QED) is 0.0924. The lowest BCUT2D eigenvalue weighted by molar-refractivity contribution is 0.103. The number of rotatable bonds is 5. The second kappa shape index (κ2) is 9.89. The molecule has 1 N–H and O–H groups in total. The van der Waals surface area contributed by atoms with Crippen molar-refractivity contribution in [2.45, 2.75) is 3.79 Å². The fourth-order valence-electron chi connectivity index (χ4n) is 4.08. The van der Waals surface area contributed by atoms with Crippen molar-refractivity contribution in [1.82, 2.24) is 14.2 Å². The van der Waals surface area contributed by atoms with Gasteiger partial charge in [-0.15, -0.1) is 0 Å². The molecule has 0 saturated heterocycles. The highest BCUT2D eigenvalue weighted by molar-refractivity contribution is 6.78. The van der Waals surface area contributed by atoms with Crippen LogP contribution in [0.2, 0.25) is 0 Å². The highest BCUT2D eigenvalue weighted by atomic mass is 35.6. The summed E-state index contributed by atoms with van der Waals surface area (Å²) < 4.78 is 0.976. The van der Waals surface area contributed by atoms with E-state index < -0.39 is 9.89 Å². The van der Waals surface area contributed by atoms with Crippen LogP contribution < -0.4 is 5.43 Å². The number of benzene rings is 3. The van der Waals surface area contributed by atoms with Gasteiger partial charge >= 0.3 is 6.09 Å². The highest BCUT2D eigenvalue weighted by Gasteiger charge is 2.31. The third-order valence-corrected chi connectivity index (χ3v) is 6.30. The number of hydrogen-bond acceptors (Lipinski definition) is 6. The van der Waals surface area contributed by atoms with E-state index in [1.807, 2.05) is 41.1 Å². The molecule has 37 heavy (non-hydrogen) atoms. The molecule has 8 nitrogen and oxygen atoms in total. The number of carbonyl (C=O) groups excluding carboxylic acids is 2. The molecule has 2 heterocycles. The summed E-state index contributed by atoms with van der Waals surface area (Å²) in [6, 6.07) is 19.8. The zero-order chi connectivity index (χ0) is 26.2. The summed E-state index contributed by atoms with van der Waals surface area (Å²) in [7, 11) is 1.79. The average Bonchev–Trinajstić information content (AvgIpc) is 3.54. The zero-order valence-electron chi connectivity index (χ0n) is 19.2. The van der Waals surface area contributed by atoms with E-state index >= 15 is 0 Å². The number of aromatic nitrogens is 3. The summed E-state index contributed by atoms with van der Waals surface area (Å²) >= 11 is 18.6. The normalized spacial score (nSPS) is 12.2. The SMILES string of the molecule is CNn1c2ccc(C(=O)c3ccccc3)cc2c2cc(/C(=N/OC(=O)n3ccnc3)C(Cl)(Cl)Cl)ccc21. The molecule has 2 aromatic heterocycles. The van der Waals surface area contributed by atoms with Gasteiger partial charge < -0.3 is 5.43 Å². The Morgan fingerprint density at radius 2 is 1.57 bits per heavy atom. The van der Waals surface area contributed by atoms with Crippen molar-refractivity contribution in [3.05, 3.63) is 102 Å². The predicted octanol–water partition coefficient (Wildman–Crippen LogP) is 6.15. The van der Waals surface area contributed by atoms with E-state index in [9.17, 15) is 9.59 Å². The Morgan fingerprint density at radius 1 is 0.919 bits per heavy atom. The van der Waals surface area contributed by atoms with Crippen LogP contribution in [0.5, 0.6) is 0 Å². The van der Waals surface area contributed by atoms with Crippen molar-refractivity contribution in [3.63, 3.8) is 0 Å². The third-order valence-electron chi connectivity index (χ3n) is 5.76. The maximum atomic E-state index is 13.1. The van der Waals surface area contributed by atoms with Gasteiger partial charge in [0.05, 0.1) is 11.0 Å². The Hall–Kier alpha value is -3.85. The molecular formula is C26H18Cl3N5O3. The molecule has 0 bridgehead atoms. The standard InChI is InChI=1S/C26H18Cl3N5O3/c1-30-34-21-9-7-17(23(35)16-5-3-2-4-6-16)13-19(21)20-14-18(8-10-22(20)34)24(26(27,28)29)32-37-25(36)33-12-11-31-15-33/h2-15,30H,1H3/b32-24-. The van der Waals surface area contributed by atoms with Crippen LogP contribution in [0, 0.1) is 0 Å². The molecule has 0 atom stereocenters. The largest absolute Gasteiger partial charge is 0.445 e. The van der Waals surface area contributed by atoms with E-state index in [1.54, 1.807) is 37.4 Å². The van der Waals surface area contributed by atoms with Gasteiger partial charge in [-0.2, -0.15) is 0 Å². The molecule has 0 spiro atoms. The predicted molar refractivity (Wildman–Crippen MR) is 146 cm³/mol. The number of imidazole rings is 1. The summed E-state index contributed by atoms with van der Waals surface area (Å²) in [5.74, 6) is -0.0982. The van der Waals surface area contributed by atoms with Crippen LogP contribution in [-0.2, 0) is 4.84 Å². The molecular weight excluding hydrogens is 537 g/mol. The first-order chi connectivity index (χ1) is 17.8. The van der Waals surface area contributed by atoms with Crippen molar-refractivity contribution in [3.8, 4) is 0 Å². The third kappa shape index (κ3) is 4.79. The van der Waals surface area contributed by atoms with Gasteiger partial charge in [-0.05, 0) is 30.3 Å². The Morgan fingerprint density at radius 3 is 2.16 bits per heavy atom. The highest BCUT2D eigenvalue weighted by Crippen LogP contribution is 2.35. The number of halogens is 3. The van der Waals surface area contributed by atoms with E-state index in [1.165, 1.54) is 18.7 Å². The Bertz CT molecular complexity index is 1660. The molecule has 3 aromatic carbocycles. The average molecular weight is 555 g/mol. The Labute approximate surface area is 226 Å². The first-order valence-corrected chi connectivity index (χ1v) is 12.1. The number of alkyl halides is 3. The fraction of sp³-hybridized carbons (Fsp3) is 0.0769. The lowest BCUT2D eigenvalue weighted by atomic mass is 10.0. The van der Waals surface area contributed by atoms with E-state index in [-0.39, 0.29) is 11.5 Å². The monoisotopic (exact) mass is 553 g/mol. The van der Waals surface area contributed by atoms with Gasteiger partial charge in [-0.25, -0.2) is 14.3 Å². The van der Waals surface area contributed by atoms with E-state index in [4.69, 9.17) is 39.6 Å². The van der Waals surface area contributed by atoms with Crippen LogP contribution in [0.15, 0.2) is 90.6 Å². The number of ketones is 1. The summed E-state index contributed by atoms with van der Waals surface area (Å²) in [5, 5.41) is 5.44. The van der Waals surface area contributed by atoms with Gasteiger partial charge in [0.2, 0.25) is 3.79 Å². The molecule has 0 amide bonds. The number of fused-ring (bicyclic) bond motifs is 3. The van der Waals surface area contributed by atoms with E-state index in [0.29, 0.717) is 16.7 Å². The molecule has 186 valence electrons. The number of carbonyl (C=O) groups is 2. The maximum absolute atomic E-state index is 13.1. The fourth-order valence-corrected chi connectivity index (χ4v) is 4.51. The van der Waals surface area contributed by atoms with Crippen molar-refractivity contribution >= 4 is 74.2 Å². The summed E-state index contributed by atoms with van der Waals surface area (Å²) in [6.07, 6.45) is 3.27. The van der Waals surface area contributed by atoms with Gasteiger partial charge in [0.25, 0.3) is 0 Å². The second-order valence-corrected chi connectivity index (χ2v) is 10.3. The lowest BCUT2D eigenvalue weighted by Gasteiger charge is -2.14. The molecule has 0 aliphatic rings. The topological polar surface area (TPSA) is 90.5 Å². The van der Waals surface area contributed by atoms with Gasteiger partial charge in [0, 0.05) is 46.9 Å². The van der Waals surface area contributed by atoms with Crippen molar-refractivity contribution in [2.24, 2.45) is 5.16 Å².